The topological polar surface area (TPSA) is 97.9 Å². The minimum absolute atomic E-state index is 0.0186. The van der Waals surface area contributed by atoms with Gasteiger partial charge in [-0.2, -0.15) is 10.5 Å². The maximum Gasteiger partial charge on any atom is 0.251 e. The van der Waals surface area contributed by atoms with Gasteiger partial charge >= 0.3 is 0 Å². The van der Waals surface area contributed by atoms with Gasteiger partial charge in [0.2, 0.25) is 0 Å². The number of nitrogens with one attached hydrogen (secondary N) is 2. The summed E-state index contributed by atoms with van der Waals surface area (Å²) in [5.41, 5.74) is 1.21. The summed E-state index contributed by atoms with van der Waals surface area (Å²) in [7, 11) is 1.62. The Balaban J connectivity index is 2.54. The van der Waals surface area contributed by atoms with E-state index in [0.717, 1.165) is 6.42 Å². The number of nitrogens with zero attached hydrogens (tertiary/aromatic N) is 2. The van der Waals surface area contributed by atoms with Crippen LogP contribution in [0, 0.1) is 22.7 Å². The summed E-state index contributed by atoms with van der Waals surface area (Å²) in [6, 6.07) is 10.2. The molecule has 1 aromatic carbocycles. The average molecular weight is 284 g/mol. The van der Waals surface area contributed by atoms with E-state index < -0.39 is 0 Å². The van der Waals surface area contributed by atoms with Gasteiger partial charge in [0.05, 0.1) is 0 Å². The molecule has 0 spiro atoms. The number of rotatable bonds is 7. The van der Waals surface area contributed by atoms with E-state index in [1.165, 1.54) is 6.20 Å². The third-order valence-corrected chi connectivity index (χ3v) is 2.58. The summed E-state index contributed by atoms with van der Waals surface area (Å²) in [5.74, 6) is -0.150. The summed E-state index contributed by atoms with van der Waals surface area (Å²) >= 11 is 0. The number of anilines is 1. The quantitative estimate of drug-likeness (QED) is 0.587. The zero-order valence-corrected chi connectivity index (χ0v) is 11.7. The molecule has 1 amide bonds. The number of amides is 1. The molecule has 0 radical (unpaired) electrons. The zero-order chi connectivity index (χ0) is 15.5. The van der Waals surface area contributed by atoms with Crippen molar-refractivity contribution >= 4 is 11.6 Å². The lowest BCUT2D eigenvalue weighted by Crippen LogP contribution is -2.25. The molecule has 0 aliphatic carbocycles. The van der Waals surface area contributed by atoms with Crippen LogP contribution in [0.1, 0.15) is 16.8 Å². The van der Waals surface area contributed by atoms with E-state index in [9.17, 15) is 4.79 Å². The first-order chi connectivity index (χ1) is 10.2. The summed E-state index contributed by atoms with van der Waals surface area (Å²) in [6.45, 7) is 1.17. The van der Waals surface area contributed by atoms with Crippen LogP contribution in [0.5, 0.6) is 0 Å². The Bertz CT molecular complexity index is 563. The van der Waals surface area contributed by atoms with Crippen molar-refractivity contribution in [3.63, 3.8) is 0 Å². The van der Waals surface area contributed by atoms with Gasteiger partial charge in [-0.15, -0.1) is 0 Å². The summed E-state index contributed by atoms with van der Waals surface area (Å²) < 4.78 is 4.90. The molecule has 0 fully saturated rings. The number of ether oxygens (including phenoxy) is 1. The molecule has 0 aromatic heterocycles. The van der Waals surface area contributed by atoms with Crippen molar-refractivity contribution in [2.75, 3.05) is 25.6 Å². The summed E-state index contributed by atoms with van der Waals surface area (Å²) in [5, 5.41) is 22.8. The van der Waals surface area contributed by atoms with Crippen LogP contribution in [-0.4, -0.2) is 26.2 Å². The molecular weight excluding hydrogens is 268 g/mol. The van der Waals surface area contributed by atoms with Gasteiger partial charge in [-0.3, -0.25) is 4.79 Å². The third-order valence-electron chi connectivity index (χ3n) is 2.58. The molecule has 1 aromatic rings. The SMILES string of the molecule is COCCCNC(=O)c1ccc(NC=C(C#N)C#N)cc1. The van der Waals surface area contributed by atoms with Gasteiger partial charge in [-0.1, -0.05) is 0 Å². The third kappa shape index (κ3) is 5.77. The molecule has 1 rings (SSSR count). The summed E-state index contributed by atoms with van der Waals surface area (Å²) in [6.07, 6.45) is 2.08. The van der Waals surface area contributed by atoms with Gasteiger partial charge in [0, 0.05) is 37.7 Å². The summed E-state index contributed by atoms with van der Waals surface area (Å²) in [4.78, 5) is 11.8. The number of hydrogen-bond acceptors (Lipinski definition) is 5. The maximum absolute atomic E-state index is 11.8. The maximum atomic E-state index is 11.8. The molecule has 21 heavy (non-hydrogen) atoms. The molecule has 0 bridgehead atoms. The van der Waals surface area contributed by atoms with E-state index >= 15 is 0 Å². The van der Waals surface area contributed by atoms with E-state index in [2.05, 4.69) is 10.6 Å². The molecule has 0 aliphatic heterocycles. The highest BCUT2D eigenvalue weighted by Crippen LogP contribution is 2.10. The highest BCUT2D eigenvalue weighted by Gasteiger charge is 2.04. The monoisotopic (exact) mass is 284 g/mol. The van der Waals surface area contributed by atoms with Crippen LogP contribution in [0.3, 0.4) is 0 Å². The van der Waals surface area contributed by atoms with Crippen LogP contribution < -0.4 is 10.6 Å². The Kier molecular flexibility index (Phi) is 7.06. The molecule has 0 saturated heterocycles. The molecule has 6 nitrogen and oxygen atoms in total. The average Bonchev–Trinajstić information content (AvgIpc) is 2.53. The van der Waals surface area contributed by atoms with E-state index in [0.29, 0.717) is 24.4 Å². The number of hydrogen-bond donors (Lipinski definition) is 2. The van der Waals surface area contributed by atoms with E-state index in [-0.39, 0.29) is 11.5 Å². The molecule has 2 N–H and O–H groups in total. The van der Waals surface area contributed by atoms with Gasteiger partial charge in [0.15, 0.2) is 0 Å². The predicted octanol–water partition coefficient (Wildman–Crippen LogP) is 1.80. The fourth-order valence-electron chi connectivity index (χ4n) is 1.48. The van der Waals surface area contributed by atoms with E-state index in [4.69, 9.17) is 15.3 Å². The van der Waals surface area contributed by atoms with Crippen molar-refractivity contribution < 1.29 is 9.53 Å². The second kappa shape index (κ2) is 9.13. The first kappa shape index (κ1) is 16.2. The van der Waals surface area contributed by atoms with Crippen molar-refractivity contribution in [2.24, 2.45) is 0 Å². The van der Waals surface area contributed by atoms with Gasteiger partial charge in [-0.05, 0) is 30.7 Å². The van der Waals surface area contributed by atoms with Gasteiger partial charge < -0.3 is 15.4 Å². The van der Waals surface area contributed by atoms with E-state index in [1.807, 2.05) is 0 Å². The Labute approximate surface area is 123 Å². The normalized spacial score (nSPS) is 9.10. The van der Waals surface area contributed by atoms with Gasteiger partial charge in [-0.25, -0.2) is 0 Å². The Hall–Kier alpha value is -2.83. The molecule has 0 heterocycles. The number of allylic oxidation sites excluding steroid dienone is 1. The van der Waals surface area contributed by atoms with Crippen LogP contribution in [-0.2, 0) is 4.74 Å². The highest BCUT2D eigenvalue weighted by molar-refractivity contribution is 5.94. The van der Waals surface area contributed by atoms with Crippen molar-refractivity contribution in [3.8, 4) is 12.1 Å². The number of carbonyl (C=O) groups excluding carboxylic acids is 1. The largest absolute Gasteiger partial charge is 0.385 e. The molecule has 0 saturated carbocycles. The zero-order valence-electron chi connectivity index (χ0n) is 11.7. The molecule has 6 heteroatoms. The fraction of sp³-hybridized carbons (Fsp3) is 0.267. The predicted molar refractivity (Wildman–Crippen MR) is 78.2 cm³/mol. The van der Waals surface area contributed by atoms with Crippen molar-refractivity contribution in [3.05, 3.63) is 41.6 Å². The molecular formula is C15H16N4O2. The second-order valence-electron chi connectivity index (χ2n) is 4.11. The van der Waals surface area contributed by atoms with Gasteiger partial charge in [0.25, 0.3) is 5.91 Å². The number of methoxy groups -OCH3 is 1. The van der Waals surface area contributed by atoms with Crippen molar-refractivity contribution in [1.29, 1.82) is 10.5 Å². The van der Waals surface area contributed by atoms with E-state index in [1.54, 1.807) is 43.5 Å². The van der Waals surface area contributed by atoms with Crippen LogP contribution in [0.4, 0.5) is 5.69 Å². The standard InChI is InChI=1S/C15H16N4O2/c1-21-8-2-7-18-15(20)13-3-5-14(6-4-13)19-11-12(9-16)10-17/h3-6,11,19H,2,7-8H2,1H3,(H,18,20). The lowest BCUT2D eigenvalue weighted by Gasteiger charge is -2.06. The van der Waals surface area contributed by atoms with Crippen LogP contribution >= 0.6 is 0 Å². The minimum Gasteiger partial charge on any atom is -0.385 e. The van der Waals surface area contributed by atoms with Crippen molar-refractivity contribution in [2.45, 2.75) is 6.42 Å². The van der Waals surface area contributed by atoms with Gasteiger partial charge in [0.1, 0.15) is 17.7 Å². The molecule has 0 unspecified atom stereocenters. The lowest BCUT2D eigenvalue weighted by molar-refractivity contribution is 0.0948. The number of benzene rings is 1. The Morgan fingerprint density at radius 3 is 2.52 bits per heavy atom. The minimum atomic E-state index is -0.150. The Morgan fingerprint density at radius 2 is 1.95 bits per heavy atom. The molecule has 0 aliphatic rings. The first-order valence-electron chi connectivity index (χ1n) is 6.35. The first-order valence-corrected chi connectivity index (χ1v) is 6.35. The molecule has 0 atom stereocenters. The smallest absolute Gasteiger partial charge is 0.251 e. The highest BCUT2D eigenvalue weighted by atomic mass is 16.5. The van der Waals surface area contributed by atoms with Crippen LogP contribution in [0.15, 0.2) is 36.0 Å². The van der Waals surface area contributed by atoms with Crippen LogP contribution in [0.2, 0.25) is 0 Å². The molecule has 108 valence electrons. The van der Waals surface area contributed by atoms with Crippen molar-refractivity contribution in [1.82, 2.24) is 5.32 Å². The number of nitriles is 2. The van der Waals surface area contributed by atoms with Crippen LogP contribution in [0.25, 0.3) is 0 Å². The Morgan fingerprint density at radius 1 is 1.29 bits per heavy atom. The second-order valence-corrected chi connectivity index (χ2v) is 4.11. The fourth-order valence-corrected chi connectivity index (χ4v) is 1.48. The number of carbonyl (C=O) groups is 1. The lowest BCUT2D eigenvalue weighted by atomic mass is 10.2.